The van der Waals surface area contributed by atoms with Gasteiger partial charge >= 0.3 is 0 Å². The van der Waals surface area contributed by atoms with Gasteiger partial charge in [0.05, 0.1) is 0 Å². The first kappa shape index (κ1) is 17.9. The van der Waals surface area contributed by atoms with Crippen LogP contribution in [-0.4, -0.2) is 64.9 Å². The SMILES string of the molecule is O=C(c1cc(N2CCCCC2)ncn1)N1CCN(Cc2ccccc2)CC1. The van der Waals surface area contributed by atoms with E-state index in [0.717, 1.165) is 51.6 Å². The minimum Gasteiger partial charge on any atom is -0.357 e. The van der Waals surface area contributed by atoms with Gasteiger partial charge in [0, 0.05) is 51.9 Å². The molecule has 1 amide bonds. The molecule has 0 spiro atoms. The molecule has 27 heavy (non-hydrogen) atoms. The van der Waals surface area contributed by atoms with Crippen molar-refractivity contribution in [1.29, 1.82) is 0 Å². The summed E-state index contributed by atoms with van der Waals surface area (Å²) in [6.45, 7) is 6.25. The van der Waals surface area contributed by atoms with Crippen LogP contribution < -0.4 is 4.90 Å². The number of anilines is 1. The molecular formula is C21H27N5O. The van der Waals surface area contributed by atoms with Crippen LogP contribution >= 0.6 is 0 Å². The molecule has 3 heterocycles. The van der Waals surface area contributed by atoms with Crippen molar-refractivity contribution >= 4 is 11.7 Å². The van der Waals surface area contributed by atoms with Gasteiger partial charge in [-0.25, -0.2) is 9.97 Å². The zero-order valence-electron chi connectivity index (χ0n) is 15.8. The Kier molecular flexibility index (Phi) is 5.63. The van der Waals surface area contributed by atoms with Gasteiger partial charge < -0.3 is 9.80 Å². The van der Waals surface area contributed by atoms with E-state index in [4.69, 9.17) is 0 Å². The highest BCUT2D eigenvalue weighted by molar-refractivity contribution is 5.93. The Bertz CT molecular complexity index is 752. The third kappa shape index (κ3) is 4.45. The number of carbonyl (C=O) groups excluding carboxylic acids is 1. The Morgan fingerprint density at radius 1 is 0.889 bits per heavy atom. The molecule has 2 saturated heterocycles. The number of hydrogen-bond acceptors (Lipinski definition) is 5. The lowest BCUT2D eigenvalue weighted by atomic mass is 10.1. The van der Waals surface area contributed by atoms with Crippen LogP contribution in [0.15, 0.2) is 42.7 Å². The quantitative estimate of drug-likeness (QED) is 0.833. The molecule has 0 saturated carbocycles. The summed E-state index contributed by atoms with van der Waals surface area (Å²) in [6, 6.07) is 12.4. The largest absolute Gasteiger partial charge is 0.357 e. The van der Waals surface area contributed by atoms with Crippen LogP contribution in [0.5, 0.6) is 0 Å². The van der Waals surface area contributed by atoms with E-state index < -0.39 is 0 Å². The average Bonchev–Trinajstić information content (AvgIpc) is 2.75. The summed E-state index contributed by atoms with van der Waals surface area (Å²) in [5, 5.41) is 0. The van der Waals surface area contributed by atoms with E-state index in [0.29, 0.717) is 5.69 Å². The fraction of sp³-hybridized carbons (Fsp3) is 0.476. The van der Waals surface area contributed by atoms with Crippen molar-refractivity contribution in [2.24, 2.45) is 0 Å². The normalized spacial score (nSPS) is 18.5. The predicted octanol–water partition coefficient (Wildman–Crippen LogP) is 2.42. The molecule has 2 fully saturated rings. The van der Waals surface area contributed by atoms with Gasteiger partial charge in [0.25, 0.3) is 5.91 Å². The number of hydrogen-bond donors (Lipinski definition) is 0. The van der Waals surface area contributed by atoms with E-state index in [9.17, 15) is 4.79 Å². The van der Waals surface area contributed by atoms with Crippen LogP contribution in [-0.2, 0) is 6.54 Å². The smallest absolute Gasteiger partial charge is 0.272 e. The van der Waals surface area contributed by atoms with Gasteiger partial charge in [0.15, 0.2) is 0 Å². The van der Waals surface area contributed by atoms with Crippen molar-refractivity contribution < 1.29 is 4.79 Å². The number of piperazine rings is 1. The number of piperidine rings is 1. The van der Waals surface area contributed by atoms with Crippen LogP contribution in [0.25, 0.3) is 0 Å². The van der Waals surface area contributed by atoms with Crippen LogP contribution in [0.4, 0.5) is 5.82 Å². The number of rotatable bonds is 4. The number of benzene rings is 1. The third-order valence-electron chi connectivity index (χ3n) is 5.46. The number of carbonyl (C=O) groups is 1. The maximum absolute atomic E-state index is 12.9. The number of amides is 1. The lowest BCUT2D eigenvalue weighted by Gasteiger charge is -2.34. The van der Waals surface area contributed by atoms with Gasteiger partial charge in [0.2, 0.25) is 0 Å². The standard InChI is InChI=1S/C21H27N5O/c27-21(19-15-20(23-17-22-19)25-9-5-2-6-10-25)26-13-11-24(12-14-26)16-18-7-3-1-4-8-18/h1,3-4,7-8,15,17H,2,5-6,9-14,16H2. The molecule has 6 nitrogen and oxygen atoms in total. The van der Waals surface area contributed by atoms with E-state index in [2.05, 4.69) is 44.0 Å². The number of aromatic nitrogens is 2. The van der Waals surface area contributed by atoms with E-state index >= 15 is 0 Å². The lowest BCUT2D eigenvalue weighted by Crippen LogP contribution is -2.48. The van der Waals surface area contributed by atoms with E-state index in [1.54, 1.807) is 0 Å². The van der Waals surface area contributed by atoms with Gasteiger partial charge in [-0.3, -0.25) is 9.69 Å². The molecule has 0 unspecified atom stereocenters. The Morgan fingerprint density at radius 3 is 2.37 bits per heavy atom. The molecule has 6 heteroatoms. The molecule has 1 aromatic heterocycles. The first-order valence-electron chi connectivity index (χ1n) is 9.92. The van der Waals surface area contributed by atoms with Crippen molar-refractivity contribution in [3.63, 3.8) is 0 Å². The molecule has 2 aliphatic heterocycles. The van der Waals surface area contributed by atoms with Crippen LogP contribution in [0.2, 0.25) is 0 Å². The molecule has 0 N–H and O–H groups in total. The second-order valence-electron chi connectivity index (χ2n) is 7.36. The van der Waals surface area contributed by atoms with E-state index in [-0.39, 0.29) is 5.91 Å². The summed E-state index contributed by atoms with van der Waals surface area (Å²) < 4.78 is 0. The highest BCUT2D eigenvalue weighted by Crippen LogP contribution is 2.18. The Labute approximate surface area is 160 Å². The molecule has 4 rings (SSSR count). The van der Waals surface area contributed by atoms with Crippen molar-refractivity contribution in [3.05, 3.63) is 54.0 Å². The van der Waals surface area contributed by atoms with Crippen LogP contribution in [0.1, 0.15) is 35.3 Å². The van der Waals surface area contributed by atoms with Crippen molar-refractivity contribution in [2.45, 2.75) is 25.8 Å². The van der Waals surface area contributed by atoms with E-state index in [1.165, 1.54) is 31.2 Å². The molecule has 0 aliphatic carbocycles. The Balaban J connectivity index is 1.35. The molecular weight excluding hydrogens is 338 g/mol. The predicted molar refractivity (Wildman–Crippen MR) is 106 cm³/mol. The molecule has 0 radical (unpaired) electrons. The molecule has 0 atom stereocenters. The Hall–Kier alpha value is -2.47. The maximum atomic E-state index is 12.9. The third-order valence-corrected chi connectivity index (χ3v) is 5.46. The zero-order valence-corrected chi connectivity index (χ0v) is 15.8. The summed E-state index contributed by atoms with van der Waals surface area (Å²) in [5.74, 6) is 0.908. The summed E-state index contributed by atoms with van der Waals surface area (Å²) in [5.41, 5.74) is 1.83. The van der Waals surface area contributed by atoms with Crippen molar-refractivity contribution in [2.75, 3.05) is 44.2 Å². The fourth-order valence-electron chi connectivity index (χ4n) is 3.87. The monoisotopic (exact) mass is 365 g/mol. The van der Waals surface area contributed by atoms with Crippen molar-refractivity contribution in [3.8, 4) is 0 Å². The molecule has 2 aliphatic rings. The fourth-order valence-corrected chi connectivity index (χ4v) is 3.87. The van der Waals surface area contributed by atoms with Crippen LogP contribution in [0.3, 0.4) is 0 Å². The van der Waals surface area contributed by atoms with Crippen LogP contribution in [0, 0.1) is 0 Å². The topological polar surface area (TPSA) is 52.6 Å². The van der Waals surface area contributed by atoms with Gasteiger partial charge in [-0.05, 0) is 24.8 Å². The maximum Gasteiger partial charge on any atom is 0.272 e. The zero-order chi connectivity index (χ0) is 18.5. The first-order chi connectivity index (χ1) is 13.3. The minimum atomic E-state index is 0.0232. The highest BCUT2D eigenvalue weighted by atomic mass is 16.2. The molecule has 0 bridgehead atoms. The molecule has 1 aromatic carbocycles. The summed E-state index contributed by atoms with van der Waals surface area (Å²) in [4.78, 5) is 28.1. The average molecular weight is 365 g/mol. The highest BCUT2D eigenvalue weighted by Gasteiger charge is 2.24. The second-order valence-corrected chi connectivity index (χ2v) is 7.36. The molecule has 2 aromatic rings. The second kappa shape index (κ2) is 8.48. The van der Waals surface area contributed by atoms with Gasteiger partial charge in [-0.15, -0.1) is 0 Å². The van der Waals surface area contributed by atoms with Crippen molar-refractivity contribution in [1.82, 2.24) is 19.8 Å². The number of nitrogens with zero attached hydrogens (tertiary/aromatic N) is 5. The molecule has 142 valence electrons. The van der Waals surface area contributed by atoms with Gasteiger partial charge in [0.1, 0.15) is 17.8 Å². The lowest BCUT2D eigenvalue weighted by molar-refractivity contribution is 0.0622. The van der Waals surface area contributed by atoms with Gasteiger partial charge in [-0.1, -0.05) is 30.3 Å². The first-order valence-corrected chi connectivity index (χ1v) is 9.92. The summed E-state index contributed by atoms with van der Waals surface area (Å²) in [7, 11) is 0. The summed E-state index contributed by atoms with van der Waals surface area (Å²) >= 11 is 0. The minimum absolute atomic E-state index is 0.0232. The summed E-state index contributed by atoms with van der Waals surface area (Å²) in [6.07, 6.45) is 5.19. The van der Waals surface area contributed by atoms with E-state index in [1.807, 2.05) is 17.0 Å². The van der Waals surface area contributed by atoms with Gasteiger partial charge in [-0.2, -0.15) is 0 Å². The Morgan fingerprint density at radius 2 is 1.63 bits per heavy atom.